The smallest absolute Gasteiger partial charge is 0.173 e. The maximum atomic E-state index is 13.1. The van der Waals surface area contributed by atoms with E-state index in [1.165, 1.54) is 6.07 Å². The molecule has 0 aliphatic rings. The summed E-state index contributed by atoms with van der Waals surface area (Å²) in [5.41, 5.74) is 0.288. The molecule has 0 aliphatic carbocycles. The number of hydrogen-bond donors (Lipinski definition) is 0. The zero-order chi connectivity index (χ0) is 9.30. The van der Waals surface area contributed by atoms with E-state index in [9.17, 15) is 8.78 Å². The van der Waals surface area contributed by atoms with Crippen molar-refractivity contribution in [2.45, 2.75) is 5.33 Å². The third kappa shape index (κ3) is 1.88. The topological polar surface area (TPSA) is 0 Å². The molecule has 0 saturated heterocycles. The van der Waals surface area contributed by atoms with Gasteiger partial charge in [-0.1, -0.05) is 31.9 Å². The first-order valence-electron chi connectivity index (χ1n) is 2.95. The Bertz CT molecular complexity index is 312. The van der Waals surface area contributed by atoms with Crippen molar-refractivity contribution in [3.05, 3.63) is 32.2 Å². The van der Waals surface area contributed by atoms with E-state index in [2.05, 4.69) is 47.8 Å². The summed E-state index contributed by atoms with van der Waals surface area (Å²) in [6.45, 7) is 0. The normalized spacial score (nSPS) is 10.4. The molecule has 0 heterocycles. The molecule has 0 atom stereocenters. The molecule has 1 rings (SSSR count). The van der Waals surface area contributed by atoms with Gasteiger partial charge in [0.05, 0.1) is 4.47 Å². The number of alkyl halides is 1. The second-order valence-corrected chi connectivity index (χ2v) is 4.35. The fourth-order valence-electron chi connectivity index (χ4n) is 0.726. The van der Waals surface area contributed by atoms with Crippen LogP contribution in [0, 0.1) is 11.6 Å². The molecule has 0 amide bonds. The van der Waals surface area contributed by atoms with Gasteiger partial charge in [0, 0.05) is 15.4 Å². The number of benzene rings is 1. The van der Waals surface area contributed by atoms with Crippen molar-refractivity contribution >= 4 is 47.8 Å². The van der Waals surface area contributed by atoms with E-state index in [0.717, 1.165) is 0 Å². The van der Waals surface area contributed by atoms with Crippen molar-refractivity contribution in [2.24, 2.45) is 0 Å². The van der Waals surface area contributed by atoms with Crippen molar-refractivity contribution in [1.82, 2.24) is 0 Å². The minimum absolute atomic E-state index is 0.122. The van der Waals surface area contributed by atoms with Crippen LogP contribution in [-0.2, 0) is 5.33 Å². The Balaban J connectivity index is 3.40. The van der Waals surface area contributed by atoms with Crippen molar-refractivity contribution in [3.8, 4) is 0 Å². The van der Waals surface area contributed by atoms with Gasteiger partial charge in [-0.25, -0.2) is 8.78 Å². The number of rotatable bonds is 1. The Morgan fingerprint density at radius 3 is 2.17 bits per heavy atom. The molecule has 0 N–H and O–H groups in total. The largest absolute Gasteiger partial charge is 0.203 e. The summed E-state index contributed by atoms with van der Waals surface area (Å²) in [6, 6.07) is 1.48. The van der Waals surface area contributed by atoms with Crippen LogP contribution in [0.3, 0.4) is 0 Å². The van der Waals surface area contributed by atoms with E-state index in [0.29, 0.717) is 4.47 Å². The van der Waals surface area contributed by atoms with E-state index < -0.39 is 11.6 Å². The Morgan fingerprint density at radius 2 is 1.67 bits per heavy atom. The van der Waals surface area contributed by atoms with Gasteiger partial charge < -0.3 is 0 Å². The lowest BCUT2D eigenvalue weighted by atomic mass is 10.2. The third-order valence-corrected chi connectivity index (χ3v) is 3.19. The summed E-state index contributed by atoms with van der Waals surface area (Å²) < 4.78 is 26.6. The van der Waals surface area contributed by atoms with Gasteiger partial charge >= 0.3 is 0 Å². The van der Waals surface area contributed by atoms with Crippen molar-refractivity contribution in [3.63, 3.8) is 0 Å². The van der Waals surface area contributed by atoms with Gasteiger partial charge in [0.15, 0.2) is 11.6 Å². The maximum absolute atomic E-state index is 13.1. The molecule has 0 unspecified atom stereocenters. The van der Waals surface area contributed by atoms with Crippen LogP contribution < -0.4 is 0 Å². The van der Waals surface area contributed by atoms with Crippen LogP contribution in [0.15, 0.2) is 15.0 Å². The highest BCUT2D eigenvalue weighted by Gasteiger charge is 2.14. The maximum Gasteiger partial charge on any atom is 0.173 e. The molecule has 66 valence electrons. The van der Waals surface area contributed by atoms with E-state index >= 15 is 0 Å². The predicted molar refractivity (Wildman–Crippen MR) is 54.4 cm³/mol. The predicted octanol–water partition coefficient (Wildman–Crippen LogP) is 4.38. The molecule has 0 radical (unpaired) electrons. The molecule has 1 aromatic carbocycles. The van der Waals surface area contributed by atoms with Crippen molar-refractivity contribution in [2.75, 3.05) is 0 Å². The molecule has 12 heavy (non-hydrogen) atoms. The first kappa shape index (κ1) is 10.6. The minimum Gasteiger partial charge on any atom is -0.203 e. The highest BCUT2D eigenvalue weighted by molar-refractivity contribution is 9.11. The first-order chi connectivity index (χ1) is 5.57. The molecule has 0 nitrogen and oxygen atoms in total. The van der Waals surface area contributed by atoms with Gasteiger partial charge in [-0.3, -0.25) is 0 Å². The van der Waals surface area contributed by atoms with Crippen molar-refractivity contribution < 1.29 is 8.78 Å². The molecule has 0 spiro atoms. The van der Waals surface area contributed by atoms with E-state index in [-0.39, 0.29) is 15.4 Å². The standard InChI is InChI=1S/C7H3Br3F2/c8-2-3-4(9)1-5(10)7(12)6(3)11/h1H,2H2. The molecule has 0 bridgehead atoms. The number of halogens is 5. The second-order valence-electron chi connectivity index (χ2n) is 2.08. The molecule has 0 aromatic heterocycles. The summed E-state index contributed by atoms with van der Waals surface area (Å²) >= 11 is 9.09. The summed E-state index contributed by atoms with van der Waals surface area (Å²) in [5.74, 6) is -1.68. The summed E-state index contributed by atoms with van der Waals surface area (Å²) in [7, 11) is 0. The highest BCUT2D eigenvalue weighted by atomic mass is 79.9. The average molecular weight is 365 g/mol. The fourth-order valence-corrected chi connectivity index (χ4v) is 2.90. The molecule has 0 aliphatic heterocycles. The van der Waals surface area contributed by atoms with E-state index in [4.69, 9.17) is 0 Å². The summed E-state index contributed by atoms with van der Waals surface area (Å²) in [4.78, 5) is 0. The fraction of sp³-hybridized carbons (Fsp3) is 0.143. The Kier molecular flexibility index (Phi) is 3.67. The second kappa shape index (κ2) is 4.15. The van der Waals surface area contributed by atoms with Crippen LogP contribution in [0.25, 0.3) is 0 Å². The summed E-state index contributed by atoms with van der Waals surface area (Å²) in [5, 5.41) is 0.281. The first-order valence-corrected chi connectivity index (χ1v) is 5.66. The lowest BCUT2D eigenvalue weighted by molar-refractivity contribution is 0.497. The molecule has 5 heteroatoms. The van der Waals surface area contributed by atoms with E-state index in [1.807, 2.05) is 0 Å². The zero-order valence-electron chi connectivity index (χ0n) is 5.67. The van der Waals surface area contributed by atoms with Crippen LogP contribution in [0.2, 0.25) is 0 Å². The lowest BCUT2D eigenvalue weighted by Crippen LogP contribution is -1.94. The van der Waals surface area contributed by atoms with Gasteiger partial charge in [-0.05, 0) is 22.0 Å². The van der Waals surface area contributed by atoms with Gasteiger partial charge in [0.25, 0.3) is 0 Å². The van der Waals surface area contributed by atoms with Crippen LogP contribution in [-0.4, -0.2) is 0 Å². The van der Waals surface area contributed by atoms with Crippen LogP contribution in [0.1, 0.15) is 5.56 Å². The Labute approximate surface area is 93.7 Å². The average Bonchev–Trinajstić information content (AvgIpc) is 2.01. The van der Waals surface area contributed by atoms with Crippen molar-refractivity contribution in [1.29, 1.82) is 0 Å². The monoisotopic (exact) mass is 362 g/mol. The molecule has 1 aromatic rings. The summed E-state index contributed by atoms with van der Waals surface area (Å²) in [6.07, 6.45) is 0. The molecule has 0 saturated carbocycles. The minimum atomic E-state index is -0.854. The number of hydrogen-bond acceptors (Lipinski definition) is 0. The SMILES string of the molecule is Fc1c(Br)cc(Br)c(CBr)c1F. The zero-order valence-corrected chi connectivity index (χ0v) is 10.4. The van der Waals surface area contributed by atoms with E-state index in [1.54, 1.807) is 0 Å². The molecular formula is C7H3Br3F2. The lowest BCUT2D eigenvalue weighted by Gasteiger charge is -2.04. The van der Waals surface area contributed by atoms with Crippen LogP contribution in [0.5, 0.6) is 0 Å². The molecule has 0 fully saturated rings. The Morgan fingerprint density at radius 1 is 1.08 bits per heavy atom. The quantitative estimate of drug-likeness (QED) is 0.394. The molecular weight excluding hydrogens is 362 g/mol. The van der Waals surface area contributed by atoms with Gasteiger partial charge in [0.2, 0.25) is 0 Å². The third-order valence-electron chi connectivity index (χ3n) is 1.34. The van der Waals surface area contributed by atoms with Gasteiger partial charge in [-0.15, -0.1) is 0 Å². The Hall–Kier alpha value is 0.520. The van der Waals surface area contributed by atoms with Gasteiger partial charge in [-0.2, -0.15) is 0 Å². The van der Waals surface area contributed by atoms with Gasteiger partial charge in [0.1, 0.15) is 0 Å². The highest BCUT2D eigenvalue weighted by Crippen LogP contribution is 2.29. The van der Waals surface area contributed by atoms with Crippen LogP contribution in [0.4, 0.5) is 8.78 Å². The van der Waals surface area contributed by atoms with Crippen LogP contribution >= 0.6 is 47.8 Å².